The number of para-hydroxylation sites is 1. The molecule has 1 aliphatic rings. The molecule has 2 rings (SSSR count). The van der Waals surface area contributed by atoms with E-state index in [1.807, 2.05) is 0 Å². The standard InChI is InChI=1S/C12H11NO4/c1-7(14)13-10-5-3-2-4-8(10)9(12(13)17)6-11(15)16/h2-6,12,17H,1H3,(H,15,16)/b9-6+. The van der Waals surface area contributed by atoms with Crippen LogP contribution in [0.1, 0.15) is 12.5 Å². The highest BCUT2D eigenvalue weighted by atomic mass is 16.4. The molecule has 0 aliphatic carbocycles. The molecule has 1 aliphatic heterocycles. The highest BCUT2D eigenvalue weighted by molar-refractivity contribution is 6.05. The van der Waals surface area contributed by atoms with Gasteiger partial charge in [-0.15, -0.1) is 0 Å². The zero-order chi connectivity index (χ0) is 12.6. The van der Waals surface area contributed by atoms with Gasteiger partial charge in [0.2, 0.25) is 5.91 Å². The minimum Gasteiger partial charge on any atom is -0.478 e. The number of carbonyl (C=O) groups excluding carboxylic acids is 1. The maximum Gasteiger partial charge on any atom is 0.328 e. The number of aliphatic hydroxyl groups is 1. The number of fused-ring (bicyclic) bond motifs is 1. The summed E-state index contributed by atoms with van der Waals surface area (Å²) in [5.41, 5.74) is 1.32. The number of amides is 1. The summed E-state index contributed by atoms with van der Waals surface area (Å²) >= 11 is 0. The topological polar surface area (TPSA) is 77.8 Å². The number of nitrogens with zero attached hydrogens (tertiary/aromatic N) is 1. The normalized spacial score (nSPS) is 20.5. The van der Waals surface area contributed by atoms with Crippen molar-refractivity contribution in [2.24, 2.45) is 0 Å². The van der Waals surface area contributed by atoms with Crippen molar-refractivity contribution in [2.75, 3.05) is 4.90 Å². The molecule has 5 heteroatoms. The Bertz CT molecular complexity index is 521. The molecule has 0 saturated heterocycles. The zero-order valence-electron chi connectivity index (χ0n) is 9.12. The predicted octanol–water partition coefficient (Wildman–Crippen LogP) is 0.839. The van der Waals surface area contributed by atoms with Gasteiger partial charge in [-0.3, -0.25) is 9.69 Å². The second-order valence-electron chi connectivity index (χ2n) is 3.72. The molecular weight excluding hydrogens is 222 g/mol. The first-order valence-corrected chi connectivity index (χ1v) is 5.04. The fourth-order valence-corrected chi connectivity index (χ4v) is 1.96. The third-order valence-electron chi connectivity index (χ3n) is 2.62. The van der Waals surface area contributed by atoms with Crippen LogP contribution in [-0.2, 0) is 9.59 Å². The molecule has 0 aromatic heterocycles. The number of rotatable bonds is 1. The van der Waals surface area contributed by atoms with Crippen molar-refractivity contribution in [3.8, 4) is 0 Å². The largest absolute Gasteiger partial charge is 0.478 e. The van der Waals surface area contributed by atoms with Crippen LogP contribution in [0.25, 0.3) is 5.57 Å². The van der Waals surface area contributed by atoms with Crippen molar-refractivity contribution in [3.05, 3.63) is 35.9 Å². The van der Waals surface area contributed by atoms with E-state index in [2.05, 4.69) is 0 Å². The summed E-state index contributed by atoms with van der Waals surface area (Å²) in [6, 6.07) is 6.80. The van der Waals surface area contributed by atoms with Crippen LogP contribution in [0.4, 0.5) is 5.69 Å². The Morgan fingerprint density at radius 3 is 2.59 bits per heavy atom. The maximum atomic E-state index is 11.4. The number of aliphatic hydroxyl groups excluding tert-OH is 1. The number of carboxylic acid groups (broad SMARTS) is 1. The number of carboxylic acids is 1. The highest BCUT2D eigenvalue weighted by Gasteiger charge is 2.34. The summed E-state index contributed by atoms with van der Waals surface area (Å²) in [7, 11) is 0. The van der Waals surface area contributed by atoms with Crippen molar-refractivity contribution < 1.29 is 19.8 Å². The summed E-state index contributed by atoms with van der Waals surface area (Å²) in [6.07, 6.45) is -0.312. The summed E-state index contributed by atoms with van der Waals surface area (Å²) in [5.74, 6) is -1.49. The molecule has 0 fully saturated rings. The average molecular weight is 233 g/mol. The zero-order valence-corrected chi connectivity index (χ0v) is 9.12. The summed E-state index contributed by atoms with van der Waals surface area (Å²) in [6.45, 7) is 1.32. The number of hydrogen-bond donors (Lipinski definition) is 2. The number of aliphatic carboxylic acids is 1. The Balaban J connectivity index is 2.60. The van der Waals surface area contributed by atoms with E-state index in [1.54, 1.807) is 24.3 Å². The van der Waals surface area contributed by atoms with Gasteiger partial charge in [-0.25, -0.2) is 4.79 Å². The minimum absolute atomic E-state index is 0.225. The number of carbonyl (C=O) groups is 2. The third kappa shape index (κ3) is 1.81. The molecular formula is C12H11NO4. The van der Waals surface area contributed by atoms with E-state index in [-0.39, 0.29) is 11.5 Å². The van der Waals surface area contributed by atoms with Gasteiger partial charge in [-0.05, 0) is 6.07 Å². The van der Waals surface area contributed by atoms with Crippen LogP contribution in [0.2, 0.25) is 0 Å². The lowest BCUT2D eigenvalue weighted by atomic mass is 10.1. The maximum absolute atomic E-state index is 11.4. The van der Waals surface area contributed by atoms with E-state index >= 15 is 0 Å². The van der Waals surface area contributed by atoms with Gasteiger partial charge in [0.1, 0.15) is 0 Å². The van der Waals surface area contributed by atoms with Gasteiger partial charge in [-0.2, -0.15) is 0 Å². The molecule has 17 heavy (non-hydrogen) atoms. The van der Waals surface area contributed by atoms with Crippen LogP contribution in [0, 0.1) is 0 Å². The van der Waals surface area contributed by atoms with Crippen molar-refractivity contribution in [1.29, 1.82) is 0 Å². The summed E-state index contributed by atoms with van der Waals surface area (Å²) < 4.78 is 0. The number of benzene rings is 1. The second kappa shape index (κ2) is 4.03. The van der Waals surface area contributed by atoms with Gasteiger partial charge in [0, 0.05) is 24.1 Å². The Hall–Kier alpha value is -2.14. The van der Waals surface area contributed by atoms with Gasteiger partial charge in [-0.1, -0.05) is 18.2 Å². The van der Waals surface area contributed by atoms with E-state index in [0.717, 1.165) is 6.08 Å². The van der Waals surface area contributed by atoms with Crippen molar-refractivity contribution in [2.45, 2.75) is 13.2 Å². The molecule has 1 unspecified atom stereocenters. The van der Waals surface area contributed by atoms with E-state index in [0.29, 0.717) is 11.3 Å². The molecule has 0 radical (unpaired) electrons. The van der Waals surface area contributed by atoms with Gasteiger partial charge in [0.05, 0.1) is 5.69 Å². The fraction of sp³-hybridized carbons (Fsp3) is 0.167. The molecule has 2 N–H and O–H groups in total. The number of anilines is 1. The van der Waals surface area contributed by atoms with Crippen LogP contribution in [0.15, 0.2) is 30.3 Å². The van der Waals surface area contributed by atoms with Crippen LogP contribution < -0.4 is 4.90 Å². The van der Waals surface area contributed by atoms with Crippen LogP contribution in [0.5, 0.6) is 0 Å². The van der Waals surface area contributed by atoms with Crippen molar-refractivity contribution in [3.63, 3.8) is 0 Å². The smallest absolute Gasteiger partial charge is 0.328 e. The molecule has 0 spiro atoms. The fourth-order valence-electron chi connectivity index (χ4n) is 1.96. The van der Waals surface area contributed by atoms with Crippen LogP contribution in [0.3, 0.4) is 0 Å². The highest BCUT2D eigenvalue weighted by Crippen LogP contribution is 2.38. The van der Waals surface area contributed by atoms with Crippen LogP contribution >= 0.6 is 0 Å². The Morgan fingerprint density at radius 2 is 2.00 bits per heavy atom. The van der Waals surface area contributed by atoms with Gasteiger partial charge in [0.25, 0.3) is 0 Å². The first kappa shape index (κ1) is 11.3. The molecule has 0 bridgehead atoms. The lowest BCUT2D eigenvalue weighted by molar-refractivity contribution is -0.131. The third-order valence-corrected chi connectivity index (χ3v) is 2.62. The molecule has 88 valence electrons. The Kier molecular flexibility index (Phi) is 2.69. The molecule has 1 atom stereocenters. The summed E-state index contributed by atoms with van der Waals surface area (Å²) in [5, 5.41) is 18.7. The molecule has 5 nitrogen and oxygen atoms in total. The Morgan fingerprint density at radius 1 is 1.35 bits per heavy atom. The van der Waals surface area contributed by atoms with Crippen LogP contribution in [-0.4, -0.2) is 28.3 Å². The van der Waals surface area contributed by atoms with E-state index in [9.17, 15) is 14.7 Å². The van der Waals surface area contributed by atoms with E-state index in [1.165, 1.54) is 11.8 Å². The quantitative estimate of drug-likeness (QED) is 0.704. The SMILES string of the molecule is CC(=O)N1c2ccccc2/C(=C\C(=O)O)C1O. The first-order chi connectivity index (χ1) is 8.02. The molecule has 0 saturated carbocycles. The number of hydrogen-bond acceptors (Lipinski definition) is 3. The monoisotopic (exact) mass is 233 g/mol. The second-order valence-corrected chi connectivity index (χ2v) is 3.72. The molecule has 1 amide bonds. The lowest BCUT2D eigenvalue weighted by Gasteiger charge is -2.19. The minimum atomic E-state index is -1.24. The Labute approximate surface area is 97.6 Å². The average Bonchev–Trinajstić information content (AvgIpc) is 2.52. The van der Waals surface area contributed by atoms with Gasteiger partial charge >= 0.3 is 5.97 Å². The lowest BCUT2D eigenvalue weighted by Crippen LogP contribution is -2.35. The van der Waals surface area contributed by atoms with Gasteiger partial charge in [0.15, 0.2) is 6.23 Å². The first-order valence-electron chi connectivity index (χ1n) is 5.04. The van der Waals surface area contributed by atoms with E-state index in [4.69, 9.17) is 5.11 Å². The predicted molar refractivity (Wildman–Crippen MR) is 61.2 cm³/mol. The van der Waals surface area contributed by atoms with Crippen molar-refractivity contribution in [1.82, 2.24) is 0 Å². The van der Waals surface area contributed by atoms with Crippen molar-refractivity contribution >= 4 is 23.1 Å². The molecule has 1 aromatic rings. The van der Waals surface area contributed by atoms with E-state index < -0.39 is 12.2 Å². The molecule has 1 aromatic carbocycles. The van der Waals surface area contributed by atoms with Gasteiger partial charge < -0.3 is 10.2 Å². The summed E-state index contributed by atoms with van der Waals surface area (Å²) in [4.78, 5) is 23.3. The molecule has 1 heterocycles.